The van der Waals surface area contributed by atoms with Gasteiger partial charge in [0.25, 0.3) is 0 Å². The number of aromatic nitrogens is 1. The maximum Gasteiger partial charge on any atom is 0.187 e. The lowest BCUT2D eigenvalue weighted by atomic mass is 10.3. The Morgan fingerprint density at radius 3 is 2.69 bits per heavy atom. The molecule has 3 nitrogen and oxygen atoms in total. The normalized spacial score (nSPS) is 10.8. The van der Waals surface area contributed by atoms with E-state index in [9.17, 15) is 0 Å². The predicted molar refractivity (Wildman–Crippen MR) is 59.3 cm³/mol. The number of nitrogens with zero attached hydrogens (tertiary/aromatic N) is 2. The molecule has 0 radical (unpaired) electrons. The van der Waals surface area contributed by atoms with Crippen molar-refractivity contribution in [3.8, 4) is 0 Å². The van der Waals surface area contributed by atoms with Crippen LogP contribution in [0.15, 0.2) is 6.20 Å². The highest BCUT2D eigenvalue weighted by Crippen LogP contribution is 2.25. The first kappa shape index (κ1) is 10.3. The zero-order valence-corrected chi connectivity index (χ0v) is 9.27. The zero-order valence-electron chi connectivity index (χ0n) is 8.45. The third kappa shape index (κ3) is 2.59. The minimum atomic E-state index is 0.491. The van der Waals surface area contributed by atoms with Gasteiger partial charge in [-0.25, -0.2) is 4.98 Å². The van der Waals surface area contributed by atoms with E-state index in [4.69, 9.17) is 5.73 Å². The number of anilines is 2. The van der Waals surface area contributed by atoms with E-state index in [2.05, 4.69) is 30.7 Å². The minimum absolute atomic E-state index is 0.491. The number of hydrogen-bond donors (Lipinski definition) is 1. The fourth-order valence-electron chi connectivity index (χ4n) is 1.23. The average Bonchev–Trinajstić information content (AvgIpc) is 2.46. The molecule has 0 aromatic carbocycles. The summed E-state index contributed by atoms with van der Waals surface area (Å²) in [7, 11) is 0. The quantitative estimate of drug-likeness (QED) is 0.809. The molecule has 0 saturated carbocycles. The fourth-order valence-corrected chi connectivity index (χ4v) is 2.07. The summed E-state index contributed by atoms with van der Waals surface area (Å²) in [4.78, 5) is 6.55. The Balaban J connectivity index is 2.75. The van der Waals surface area contributed by atoms with Crippen molar-refractivity contribution in [1.29, 1.82) is 0 Å². The van der Waals surface area contributed by atoms with Crippen LogP contribution >= 0.6 is 11.3 Å². The van der Waals surface area contributed by atoms with Gasteiger partial charge in [0, 0.05) is 12.6 Å². The molecule has 0 fully saturated rings. The Hall–Kier alpha value is -0.770. The summed E-state index contributed by atoms with van der Waals surface area (Å²) in [6, 6.07) is 0.491. The second-order valence-electron chi connectivity index (χ2n) is 3.33. The summed E-state index contributed by atoms with van der Waals surface area (Å²) in [5.41, 5.74) is 5.64. The first-order valence-electron chi connectivity index (χ1n) is 4.63. The molecule has 4 heteroatoms. The van der Waals surface area contributed by atoms with Crippen LogP contribution in [-0.2, 0) is 0 Å². The first-order chi connectivity index (χ1) is 6.15. The van der Waals surface area contributed by atoms with Crippen LogP contribution in [0.5, 0.6) is 0 Å². The smallest absolute Gasteiger partial charge is 0.187 e. The monoisotopic (exact) mass is 199 g/mol. The van der Waals surface area contributed by atoms with Crippen molar-refractivity contribution in [3.63, 3.8) is 0 Å². The Kier molecular flexibility index (Phi) is 3.54. The molecule has 1 aromatic rings. The lowest BCUT2D eigenvalue weighted by Crippen LogP contribution is -2.31. The summed E-state index contributed by atoms with van der Waals surface area (Å²) in [5, 5.41) is 1.83. The molecule has 1 aromatic heterocycles. The standard InChI is InChI=1S/C9H17N3S/c1-4-5-12(7(2)3)9-11-6-8(10)13-9/h6-7H,4-5,10H2,1-3H3. The molecule has 2 N–H and O–H groups in total. The SMILES string of the molecule is CCCN(c1ncc(N)s1)C(C)C. The van der Waals surface area contributed by atoms with Crippen LogP contribution in [0.1, 0.15) is 27.2 Å². The van der Waals surface area contributed by atoms with Crippen LogP contribution in [0.3, 0.4) is 0 Å². The van der Waals surface area contributed by atoms with Crippen LogP contribution in [0.2, 0.25) is 0 Å². The van der Waals surface area contributed by atoms with Crippen molar-refractivity contribution < 1.29 is 0 Å². The van der Waals surface area contributed by atoms with Crippen LogP contribution in [0.4, 0.5) is 10.1 Å². The van der Waals surface area contributed by atoms with E-state index >= 15 is 0 Å². The lowest BCUT2D eigenvalue weighted by Gasteiger charge is -2.25. The molecular weight excluding hydrogens is 182 g/mol. The highest BCUT2D eigenvalue weighted by atomic mass is 32.1. The highest BCUT2D eigenvalue weighted by Gasteiger charge is 2.12. The fraction of sp³-hybridized carbons (Fsp3) is 0.667. The van der Waals surface area contributed by atoms with Crippen LogP contribution in [-0.4, -0.2) is 17.6 Å². The third-order valence-corrected chi connectivity index (χ3v) is 2.71. The second kappa shape index (κ2) is 4.46. The van der Waals surface area contributed by atoms with Crippen LogP contribution in [0.25, 0.3) is 0 Å². The Morgan fingerprint density at radius 1 is 1.62 bits per heavy atom. The largest absolute Gasteiger partial charge is 0.389 e. The molecule has 1 rings (SSSR count). The molecule has 0 aliphatic heterocycles. The molecule has 0 spiro atoms. The Labute approximate surface area is 83.6 Å². The number of rotatable bonds is 4. The van der Waals surface area contributed by atoms with Gasteiger partial charge in [-0.15, -0.1) is 0 Å². The van der Waals surface area contributed by atoms with E-state index in [-0.39, 0.29) is 0 Å². The van der Waals surface area contributed by atoms with Gasteiger partial charge in [0.1, 0.15) is 5.00 Å². The molecule has 0 aliphatic rings. The third-order valence-electron chi connectivity index (χ3n) is 1.84. The van der Waals surface area contributed by atoms with E-state index < -0.39 is 0 Å². The average molecular weight is 199 g/mol. The molecule has 74 valence electrons. The summed E-state index contributed by atoms with van der Waals surface area (Å²) >= 11 is 1.56. The molecule has 0 amide bonds. The van der Waals surface area contributed by atoms with Gasteiger partial charge < -0.3 is 10.6 Å². The number of hydrogen-bond acceptors (Lipinski definition) is 4. The maximum absolute atomic E-state index is 5.64. The topological polar surface area (TPSA) is 42.2 Å². The zero-order chi connectivity index (χ0) is 9.84. The molecule has 13 heavy (non-hydrogen) atoms. The van der Waals surface area contributed by atoms with Gasteiger partial charge in [-0.2, -0.15) is 0 Å². The van der Waals surface area contributed by atoms with Crippen molar-refractivity contribution in [2.24, 2.45) is 0 Å². The lowest BCUT2D eigenvalue weighted by molar-refractivity contribution is 0.669. The minimum Gasteiger partial charge on any atom is -0.389 e. The summed E-state index contributed by atoms with van der Waals surface area (Å²) in [6.45, 7) is 7.57. The molecule has 0 saturated heterocycles. The molecule has 0 atom stereocenters. The number of nitrogen functional groups attached to an aromatic ring is 1. The van der Waals surface area contributed by atoms with Gasteiger partial charge in [-0.05, 0) is 20.3 Å². The maximum atomic E-state index is 5.64. The van der Waals surface area contributed by atoms with Gasteiger partial charge in [0.05, 0.1) is 6.20 Å². The van der Waals surface area contributed by atoms with Gasteiger partial charge in [-0.1, -0.05) is 18.3 Å². The summed E-state index contributed by atoms with van der Waals surface area (Å²) in [5.74, 6) is 0. The van der Waals surface area contributed by atoms with Gasteiger partial charge in [0.15, 0.2) is 5.13 Å². The highest BCUT2D eigenvalue weighted by molar-refractivity contribution is 7.19. The Bertz CT molecular complexity index is 257. The molecule has 0 unspecified atom stereocenters. The van der Waals surface area contributed by atoms with Crippen molar-refractivity contribution in [2.45, 2.75) is 33.2 Å². The van der Waals surface area contributed by atoms with E-state index in [1.165, 1.54) is 0 Å². The Morgan fingerprint density at radius 2 is 2.31 bits per heavy atom. The second-order valence-corrected chi connectivity index (χ2v) is 4.37. The molecule has 0 bridgehead atoms. The van der Waals surface area contributed by atoms with E-state index in [0.717, 1.165) is 23.1 Å². The first-order valence-corrected chi connectivity index (χ1v) is 5.44. The van der Waals surface area contributed by atoms with Gasteiger partial charge in [0.2, 0.25) is 0 Å². The van der Waals surface area contributed by atoms with Crippen molar-refractivity contribution in [2.75, 3.05) is 17.2 Å². The van der Waals surface area contributed by atoms with Crippen molar-refractivity contribution >= 4 is 21.5 Å². The number of nitrogens with two attached hydrogens (primary N) is 1. The van der Waals surface area contributed by atoms with Crippen LogP contribution in [0, 0.1) is 0 Å². The predicted octanol–water partition coefficient (Wildman–Crippen LogP) is 2.35. The number of thiazole rings is 1. The van der Waals surface area contributed by atoms with Gasteiger partial charge >= 0.3 is 0 Å². The summed E-state index contributed by atoms with van der Waals surface area (Å²) < 4.78 is 0. The van der Waals surface area contributed by atoms with E-state index in [1.807, 2.05) is 0 Å². The van der Waals surface area contributed by atoms with E-state index in [1.54, 1.807) is 17.5 Å². The van der Waals surface area contributed by atoms with Crippen molar-refractivity contribution in [1.82, 2.24) is 4.98 Å². The molecule has 0 aliphatic carbocycles. The van der Waals surface area contributed by atoms with Gasteiger partial charge in [-0.3, -0.25) is 0 Å². The van der Waals surface area contributed by atoms with Crippen molar-refractivity contribution in [3.05, 3.63) is 6.20 Å². The molecular formula is C9H17N3S. The van der Waals surface area contributed by atoms with Crippen LogP contribution < -0.4 is 10.6 Å². The summed E-state index contributed by atoms with van der Waals surface area (Å²) in [6.07, 6.45) is 2.86. The van der Waals surface area contributed by atoms with E-state index in [0.29, 0.717) is 6.04 Å². The molecule has 1 heterocycles.